The number of rotatable bonds is 5. The second-order valence-electron chi connectivity index (χ2n) is 8.82. The Balaban J connectivity index is 1.54. The summed E-state index contributed by atoms with van der Waals surface area (Å²) in [5, 5.41) is 1.38. The fourth-order valence-corrected chi connectivity index (χ4v) is 5.79. The van der Waals surface area contributed by atoms with Crippen molar-refractivity contribution in [2.45, 2.75) is 31.3 Å². The molecule has 30 heavy (non-hydrogen) atoms. The number of hydrogen-bond donors (Lipinski definition) is 1. The van der Waals surface area contributed by atoms with Crippen LogP contribution in [0.25, 0.3) is 10.9 Å². The molecule has 5 rings (SSSR count). The maximum absolute atomic E-state index is 12.4. The molecule has 0 spiro atoms. The summed E-state index contributed by atoms with van der Waals surface area (Å²) in [6, 6.07) is 6.99. The molecule has 0 bridgehead atoms. The minimum Gasteiger partial charge on any atom is -0.469 e. The maximum atomic E-state index is 12.4. The molecule has 0 saturated carbocycles. The van der Waals surface area contributed by atoms with Crippen LogP contribution in [-0.2, 0) is 27.2 Å². The lowest BCUT2D eigenvalue weighted by Gasteiger charge is -2.46. The van der Waals surface area contributed by atoms with Crippen molar-refractivity contribution >= 4 is 16.9 Å². The van der Waals surface area contributed by atoms with Crippen molar-refractivity contribution in [3.05, 3.63) is 47.7 Å². The second kappa shape index (κ2) is 8.17. The molecular weight excluding hydrogens is 378 g/mol. The molecule has 0 amide bonds. The Labute approximate surface area is 177 Å². The van der Waals surface area contributed by atoms with Gasteiger partial charge in [0, 0.05) is 61.3 Å². The molecule has 3 heterocycles. The molecule has 6 heteroatoms. The second-order valence-corrected chi connectivity index (χ2v) is 8.82. The highest BCUT2D eigenvalue weighted by Gasteiger charge is 2.43. The van der Waals surface area contributed by atoms with E-state index in [0.29, 0.717) is 12.0 Å². The highest BCUT2D eigenvalue weighted by molar-refractivity contribution is 5.90. The van der Waals surface area contributed by atoms with Gasteiger partial charge in [-0.05, 0) is 30.0 Å². The van der Waals surface area contributed by atoms with Gasteiger partial charge in [-0.1, -0.05) is 18.2 Å². The van der Waals surface area contributed by atoms with Gasteiger partial charge in [0.1, 0.15) is 0 Å². The van der Waals surface area contributed by atoms with Crippen LogP contribution in [0.3, 0.4) is 0 Å². The van der Waals surface area contributed by atoms with Crippen LogP contribution in [0.1, 0.15) is 29.2 Å². The molecule has 0 radical (unpaired) electrons. The molecule has 2 fully saturated rings. The van der Waals surface area contributed by atoms with Crippen molar-refractivity contribution in [2.75, 3.05) is 46.5 Å². The number of hydrogen-bond acceptors (Lipinski definition) is 5. The molecule has 3 atom stereocenters. The van der Waals surface area contributed by atoms with Crippen molar-refractivity contribution in [3.8, 4) is 0 Å². The summed E-state index contributed by atoms with van der Waals surface area (Å²) in [7, 11) is 1.50. The fraction of sp³-hybridized carbons (Fsp3) is 0.542. The molecule has 1 N–H and O–H groups in total. The number of fused-ring (bicyclic) bond motifs is 2. The molecular formula is C24H31N3O3. The number of aromatic nitrogens is 1. The molecule has 6 nitrogen and oxygen atoms in total. The van der Waals surface area contributed by atoms with E-state index in [1.54, 1.807) is 0 Å². The fourth-order valence-electron chi connectivity index (χ4n) is 5.79. The van der Waals surface area contributed by atoms with Crippen molar-refractivity contribution in [3.63, 3.8) is 0 Å². The Hall–Kier alpha value is -2.15. The summed E-state index contributed by atoms with van der Waals surface area (Å²) >= 11 is 0. The lowest BCUT2D eigenvalue weighted by molar-refractivity contribution is -0.148. The molecule has 2 aliphatic heterocycles. The zero-order chi connectivity index (χ0) is 20.7. The third kappa shape index (κ3) is 3.37. The van der Waals surface area contributed by atoms with E-state index >= 15 is 0 Å². The number of methoxy groups -OCH3 is 1. The highest BCUT2D eigenvalue weighted by Crippen LogP contribution is 2.46. The lowest BCUT2D eigenvalue weighted by atomic mass is 9.72. The number of nitrogens with one attached hydrogen (secondary N) is 1. The zero-order valence-corrected chi connectivity index (χ0v) is 17.7. The van der Waals surface area contributed by atoms with Crippen molar-refractivity contribution < 1.29 is 14.3 Å². The molecule has 3 aliphatic rings. The first-order valence-corrected chi connectivity index (χ1v) is 11.0. The highest BCUT2D eigenvalue weighted by atomic mass is 16.5. The first-order valence-electron chi connectivity index (χ1n) is 11.0. The number of carbonyl (C=O) groups excluding carboxylic acids is 1. The Morgan fingerprint density at radius 1 is 1.37 bits per heavy atom. The molecule has 1 aromatic heterocycles. The Kier molecular flexibility index (Phi) is 5.39. The van der Waals surface area contributed by atoms with Gasteiger partial charge in [-0.2, -0.15) is 0 Å². The maximum Gasteiger partial charge on any atom is 0.309 e. The minimum absolute atomic E-state index is 0.0835. The molecule has 0 unspecified atom stereocenters. The van der Waals surface area contributed by atoms with E-state index in [9.17, 15) is 4.79 Å². The average molecular weight is 410 g/mol. The number of piperidine rings is 1. The topological polar surface area (TPSA) is 57.8 Å². The molecule has 1 aliphatic carbocycles. The normalized spacial score (nSPS) is 27.0. The van der Waals surface area contributed by atoms with Crippen LogP contribution >= 0.6 is 0 Å². The van der Waals surface area contributed by atoms with Crippen LogP contribution in [0.2, 0.25) is 0 Å². The van der Waals surface area contributed by atoms with E-state index in [-0.39, 0.29) is 11.9 Å². The van der Waals surface area contributed by atoms with E-state index in [2.05, 4.69) is 39.6 Å². The van der Waals surface area contributed by atoms with Crippen LogP contribution in [0, 0.1) is 5.92 Å². The largest absolute Gasteiger partial charge is 0.469 e. The predicted molar refractivity (Wildman–Crippen MR) is 117 cm³/mol. The number of H-pyrrole nitrogens is 1. The minimum atomic E-state index is -0.0949. The van der Waals surface area contributed by atoms with Crippen molar-refractivity contribution in [2.24, 2.45) is 5.92 Å². The van der Waals surface area contributed by atoms with Gasteiger partial charge in [-0.15, -0.1) is 6.58 Å². The summed E-state index contributed by atoms with van der Waals surface area (Å²) < 4.78 is 10.6. The van der Waals surface area contributed by atoms with Crippen LogP contribution in [-0.4, -0.2) is 73.3 Å². The van der Waals surface area contributed by atoms with Gasteiger partial charge in [0.15, 0.2) is 0 Å². The molecule has 2 saturated heterocycles. The average Bonchev–Trinajstić information content (AvgIpc) is 3.12. The number of nitrogens with zero attached hydrogens (tertiary/aromatic N) is 2. The number of carbonyl (C=O) groups is 1. The van der Waals surface area contributed by atoms with E-state index in [0.717, 1.165) is 58.8 Å². The van der Waals surface area contributed by atoms with Crippen molar-refractivity contribution in [1.82, 2.24) is 14.8 Å². The van der Waals surface area contributed by atoms with Crippen LogP contribution in [0.5, 0.6) is 0 Å². The number of ether oxygens (including phenoxy) is 2. The molecule has 160 valence electrons. The number of morpholine rings is 1. The molecule has 1 aromatic carbocycles. The first kappa shape index (κ1) is 19.8. The Bertz CT molecular complexity index is 947. The van der Waals surface area contributed by atoms with E-state index in [4.69, 9.17) is 9.47 Å². The van der Waals surface area contributed by atoms with Gasteiger partial charge >= 0.3 is 5.97 Å². The summed E-state index contributed by atoms with van der Waals surface area (Å²) in [4.78, 5) is 21.1. The van der Waals surface area contributed by atoms with Gasteiger partial charge in [-0.25, -0.2) is 0 Å². The Morgan fingerprint density at radius 3 is 2.97 bits per heavy atom. The SMILES string of the molecule is C=CCN1C[C@H](C(=O)OC)C[C@@H]2c3cccc4[nH]c(CN5CCOCC5)c(c34)C[C@H]21. The smallest absolute Gasteiger partial charge is 0.309 e. The summed E-state index contributed by atoms with van der Waals surface area (Å²) in [6.45, 7) is 10.0. The Morgan fingerprint density at radius 2 is 2.20 bits per heavy atom. The monoisotopic (exact) mass is 409 g/mol. The van der Waals surface area contributed by atoms with Gasteiger partial charge in [0.25, 0.3) is 0 Å². The quantitative estimate of drug-likeness (QED) is 0.608. The van der Waals surface area contributed by atoms with Crippen LogP contribution in [0.15, 0.2) is 30.9 Å². The predicted octanol–water partition coefficient (Wildman–Crippen LogP) is 2.69. The van der Waals surface area contributed by atoms with E-state index in [1.165, 1.54) is 34.8 Å². The van der Waals surface area contributed by atoms with Gasteiger partial charge < -0.3 is 14.5 Å². The zero-order valence-electron chi connectivity index (χ0n) is 17.7. The third-order valence-electron chi connectivity index (χ3n) is 7.17. The van der Waals surface area contributed by atoms with Crippen LogP contribution in [0.4, 0.5) is 0 Å². The summed E-state index contributed by atoms with van der Waals surface area (Å²) in [6.07, 6.45) is 3.83. The van der Waals surface area contributed by atoms with E-state index < -0.39 is 0 Å². The number of esters is 1. The van der Waals surface area contributed by atoms with Gasteiger partial charge in [0.05, 0.1) is 26.2 Å². The number of likely N-dealkylation sites (tertiary alicyclic amines) is 1. The lowest BCUT2D eigenvalue weighted by Crippen LogP contribution is -2.51. The van der Waals surface area contributed by atoms with Crippen LogP contribution < -0.4 is 0 Å². The number of benzene rings is 1. The standard InChI is InChI=1S/C24H31N3O3/c1-3-7-27-14-16(24(28)29-2)12-18-17-5-4-6-20-23(17)19(13-22(18)27)21(25-20)15-26-8-10-30-11-9-26/h3-6,16,18,22,25H,1,7-15H2,2H3/t16-,18-,22-/m1/s1. The summed E-state index contributed by atoms with van der Waals surface area (Å²) in [5.41, 5.74) is 5.40. The summed E-state index contributed by atoms with van der Waals surface area (Å²) in [5.74, 6) is 0.161. The van der Waals surface area contributed by atoms with Gasteiger partial charge in [-0.3, -0.25) is 14.6 Å². The van der Waals surface area contributed by atoms with E-state index in [1.807, 2.05) is 6.08 Å². The number of aromatic amines is 1. The third-order valence-corrected chi connectivity index (χ3v) is 7.17. The first-order chi connectivity index (χ1) is 14.7. The van der Waals surface area contributed by atoms with Gasteiger partial charge in [0.2, 0.25) is 0 Å². The van der Waals surface area contributed by atoms with Crippen molar-refractivity contribution in [1.29, 1.82) is 0 Å². The molecule has 2 aromatic rings.